The van der Waals surface area contributed by atoms with E-state index >= 15 is 0 Å². The molecule has 0 aromatic rings. The van der Waals surface area contributed by atoms with Crippen molar-refractivity contribution in [1.82, 2.24) is 0 Å². The fourth-order valence-corrected chi connectivity index (χ4v) is 6.38. The number of fused-ring (bicyclic) bond motifs is 5. The van der Waals surface area contributed by atoms with E-state index in [1.165, 1.54) is 45.4 Å². The zero-order valence-electron chi connectivity index (χ0n) is 14.9. The molecule has 2 saturated carbocycles. The number of esters is 1. The van der Waals surface area contributed by atoms with Crippen molar-refractivity contribution >= 4 is 5.97 Å². The molecule has 4 aliphatic rings. The normalized spacial score (nSPS) is 42.5. The van der Waals surface area contributed by atoms with Crippen LogP contribution >= 0.6 is 0 Å². The molecule has 0 radical (unpaired) electrons. The van der Waals surface area contributed by atoms with Gasteiger partial charge in [0.15, 0.2) is 0 Å². The predicted octanol–water partition coefficient (Wildman–Crippen LogP) is 5.19. The average molecular weight is 314 g/mol. The van der Waals surface area contributed by atoms with Crippen LogP contribution in [0, 0.1) is 23.2 Å². The van der Waals surface area contributed by atoms with Gasteiger partial charge < -0.3 is 4.74 Å². The monoisotopic (exact) mass is 314 g/mol. The van der Waals surface area contributed by atoms with Crippen LogP contribution < -0.4 is 0 Å². The second kappa shape index (κ2) is 5.50. The maximum absolute atomic E-state index is 11.3. The first kappa shape index (κ1) is 15.5. The summed E-state index contributed by atoms with van der Waals surface area (Å²) in [5.74, 6) is 2.46. The highest BCUT2D eigenvalue weighted by Gasteiger charge is 2.51. The van der Waals surface area contributed by atoms with Crippen molar-refractivity contribution in [2.24, 2.45) is 23.2 Å². The van der Waals surface area contributed by atoms with Crippen molar-refractivity contribution in [1.29, 1.82) is 0 Å². The third kappa shape index (κ3) is 2.40. The Balaban J connectivity index is 1.59. The molecule has 4 aliphatic carbocycles. The lowest BCUT2D eigenvalue weighted by Gasteiger charge is -2.54. The molecule has 0 N–H and O–H groups in total. The zero-order valence-corrected chi connectivity index (χ0v) is 14.9. The van der Waals surface area contributed by atoms with Gasteiger partial charge in [-0.2, -0.15) is 0 Å². The Morgan fingerprint density at radius 2 is 2.09 bits per heavy atom. The Kier molecular flexibility index (Phi) is 3.70. The van der Waals surface area contributed by atoms with Gasteiger partial charge in [0.2, 0.25) is 0 Å². The summed E-state index contributed by atoms with van der Waals surface area (Å²) in [5.41, 5.74) is 5.48. The van der Waals surface area contributed by atoms with E-state index in [2.05, 4.69) is 19.9 Å². The lowest BCUT2D eigenvalue weighted by Crippen LogP contribution is -2.46. The van der Waals surface area contributed by atoms with Crippen LogP contribution in [0.3, 0.4) is 0 Å². The molecular weight excluding hydrogens is 284 g/mol. The molecule has 0 spiro atoms. The molecule has 126 valence electrons. The summed E-state index contributed by atoms with van der Waals surface area (Å²) in [7, 11) is 0. The molecule has 0 heterocycles. The summed E-state index contributed by atoms with van der Waals surface area (Å²) in [5, 5.41) is 0. The number of hydrogen-bond acceptors (Lipinski definition) is 2. The number of carbonyl (C=O) groups excluding carboxylic acids is 1. The summed E-state index contributed by atoms with van der Waals surface area (Å²) in [4.78, 5) is 11.3. The molecule has 0 aliphatic heterocycles. The molecule has 0 saturated heterocycles. The Bertz CT molecular complexity index is 585. The van der Waals surface area contributed by atoms with Crippen molar-refractivity contribution in [3.05, 3.63) is 22.8 Å². The quantitative estimate of drug-likeness (QED) is 0.492. The minimum Gasteiger partial charge on any atom is -0.462 e. The number of allylic oxidation sites excluding steroid dienone is 3. The van der Waals surface area contributed by atoms with Gasteiger partial charge in [-0.25, -0.2) is 0 Å². The summed E-state index contributed by atoms with van der Waals surface area (Å²) >= 11 is 0. The van der Waals surface area contributed by atoms with E-state index in [1.54, 1.807) is 11.1 Å². The Morgan fingerprint density at radius 1 is 1.26 bits per heavy atom. The highest BCUT2D eigenvalue weighted by Crippen LogP contribution is 2.61. The van der Waals surface area contributed by atoms with Crippen molar-refractivity contribution in [2.75, 3.05) is 0 Å². The second-order valence-corrected chi connectivity index (χ2v) is 8.62. The van der Waals surface area contributed by atoms with E-state index in [9.17, 15) is 4.79 Å². The Hall–Kier alpha value is -1.05. The SMILES string of the molecule is CC(=O)OC1CCC2(C)C(=CCC3C4CCC(C)=C4CCC32)C1. The van der Waals surface area contributed by atoms with Crippen LogP contribution in [-0.2, 0) is 9.53 Å². The first-order valence-electron chi connectivity index (χ1n) is 9.54. The fraction of sp³-hybridized carbons (Fsp3) is 0.762. The molecule has 5 atom stereocenters. The largest absolute Gasteiger partial charge is 0.462 e. The molecule has 2 nitrogen and oxygen atoms in total. The van der Waals surface area contributed by atoms with Gasteiger partial charge in [-0.05, 0) is 75.0 Å². The predicted molar refractivity (Wildman–Crippen MR) is 91.9 cm³/mol. The van der Waals surface area contributed by atoms with Crippen LogP contribution in [0.15, 0.2) is 22.8 Å². The minimum atomic E-state index is -0.123. The molecular formula is C21H30O2. The van der Waals surface area contributed by atoms with Gasteiger partial charge in [-0.1, -0.05) is 29.7 Å². The topological polar surface area (TPSA) is 26.3 Å². The van der Waals surface area contributed by atoms with Gasteiger partial charge in [0.1, 0.15) is 6.10 Å². The van der Waals surface area contributed by atoms with E-state index in [1.807, 2.05) is 5.57 Å². The molecule has 23 heavy (non-hydrogen) atoms. The van der Waals surface area contributed by atoms with Gasteiger partial charge >= 0.3 is 5.97 Å². The van der Waals surface area contributed by atoms with Gasteiger partial charge in [-0.3, -0.25) is 4.79 Å². The molecule has 5 unspecified atom stereocenters. The molecule has 2 fully saturated rings. The highest BCUT2D eigenvalue weighted by atomic mass is 16.5. The number of hydrogen-bond donors (Lipinski definition) is 0. The fourth-order valence-electron chi connectivity index (χ4n) is 6.38. The Morgan fingerprint density at radius 3 is 2.87 bits per heavy atom. The molecule has 0 aromatic carbocycles. The van der Waals surface area contributed by atoms with Gasteiger partial charge in [-0.15, -0.1) is 0 Å². The van der Waals surface area contributed by atoms with Gasteiger partial charge in [0.05, 0.1) is 0 Å². The van der Waals surface area contributed by atoms with Crippen LogP contribution in [0.5, 0.6) is 0 Å². The lowest BCUT2D eigenvalue weighted by atomic mass is 9.51. The van der Waals surface area contributed by atoms with Crippen LogP contribution in [0.4, 0.5) is 0 Å². The maximum Gasteiger partial charge on any atom is 0.302 e. The zero-order chi connectivity index (χ0) is 16.2. The summed E-state index contributed by atoms with van der Waals surface area (Å²) < 4.78 is 5.52. The third-order valence-electron chi connectivity index (χ3n) is 7.54. The van der Waals surface area contributed by atoms with Crippen LogP contribution in [0.2, 0.25) is 0 Å². The molecule has 0 aromatic heterocycles. The number of carbonyl (C=O) groups is 1. The molecule has 4 rings (SSSR count). The van der Waals surface area contributed by atoms with E-state index in [4.69, 9.17) is 4.74 Å². The van der Waals surface area contributed by atoms with Crippen LogP contribution in [0.25, 0.3) is 0 Å². The maximum atomic E-state index is 11.3. The van der Waals surface area contributed by atoms with Gasteiger partial charge in [0, 0.05) is 13.3 Å². The third-order valence-corrected chi connectivity index (χ3v) is 7.54. The van der Waals surface area contributed by atoms with Crippen molar-refractivity contribution in [3.8, 4) is 0 Å². The average Bonchev–Trinajstić information content (AvgIpc) is 2.89. The smallest absolute Gasteiger partial charge is 0.302 e. The van der Waals surface area contributed by atoms with Crippen LogP contribution in [0.1, 0.15) is 72.1 Å². The summed E-state index contributed by atoms with van der Waals surface area (Å²) in [6, 6.07) is 0. The lowest BCUT2D eigenvalue weighted by molar-refractivity contribution is -0.148. The van der Waals surface area contributed by atoms with Crippen molar-refractivity contribution in [2.45, 2.75) is 78.2 Å². The second-order valence-electron chi connectivity index (χ2n) is 8.62. The van der Waals surface area contributed by atoms with E-state index in [0.29, 0.717) is 5.41 Å². The van der Waals surface area contributed by atoms with E-state index < -0.39 is 0 Å². The van der Waals surface area contributed by atoms with Crippen molar-refractivity contribution < 1.29 is 9.53 Å². The van der Waals surface area contributed by atoms with Crippen LogP contribution in [-0.4, -0.2) is 12.1 Å². The summed E-state index contributed by atoms with van der Waals surface area (Å²) in [6.45, 7) is 6.42. The first-order valence-corrected chi connectivity index (χ1v) is 9.54. The standard InChI is InChI=1S/C21H30O2/c1-13-4-6-18-17(13)8-9-20-19(18)7-5-15-12-16(23-14(2)22)10-11-21(15,20)3/h5,16,18-20H,4,6-12H2,1-3H3. The minimum absolute atomic E-state index is 0.121. The highest BCUT2D eigenvalue weighted by molar-refractivity contribution is 5.66. The summed E-state index contributed by atoms with van der Waals surface area (Å²) in [6.07, 6.45) is 12.6. The van der Waals surface area contributed by atoms with E-state index in [-0.39, 0.29) is 12.1 Å². The number of ether oxygens (including phenoxy) is 1. The van der Waals surface area contributed by atoms with E-state index in [0.717, 1.165) is 30.6 Å². The molecule has 2 heteroatoms. The van der Waals surface area contributed by atoms with Gasteiger partial charge in [0.25, 0.3) is 0 Å². The molecule has 0 amide bonds. The number of rotatable bonds is 1. The Labute approximate surface area is 140 Å². The molecule has 0 bridgehead atoms. The van der Waals surface area contributed by atoms with Crippen molar-refractivity contribution in [3.63, 3.8) is 0 Å². The first-order chi connectivity index (χ1) is 11.0.